The molecule has 7 nitrogen and oxygen atoms in total. The minimum atomic E-state index is -0.457. The highest BCUT2D eigenvalue weighted by atomic mass is 16.6. The Kier molecular flexibility index (Phi) is 4.01. The molecule has 116 valence electrons. The maximum Gasteiger partial charge on any atom is 0.271 e. The van der Waals surface area contributed by atoms with Gasteiger partial charge in [0.25, 0.3) is 5.69 Å². The number of aromatic nitrogens is 2. The van der Waals surface area contributed by atoms with Gasteiger partial charge in [-0.05, 0) is 11.6 Å². The molecule has 1 aromatic heterocycles. The van der Waals surface area contributed by atoms with E-state index in [2.05, 4.69) is 15.3 Å². The molecule has 0 saturated carbocycles. The van der Waals surface area contributed by atoms with Gasteiger partial charge in [-0.15, -0.1) is 0 Å². The zero-order valence-corrected chi connectivity index (χ0v) is 12.2. The van der Waals surface area contributed by atoms with Crippen molar-refractivity contribution in [2.24, 2.45) is 0 Å². The van der Waals surface area contributed by atoms with Gasteiger partial charge in [0.2, 0.25) is 5.91 Å². The fourth-order valence-electron chi connectivity index (χ4n) is 2.27. The molecule has 0 bridgehead atoms. The van der Waals surface area contributed by atoms with Gasteiger partial charge in [0, 0.05) is 12.1 Å². The Morgan fingerprint density at radius 2 is 2.00 bits per heavy atom. The SMILES string of the molecule is O=C(Cc1ccccc1)NCc1nc2ccc([N+](=O)[O-])cc2[nH]1. The Hall–Kier alpha value is -3.22. The normalized spacial score (nSPS) is 10.6. The van der Waals surface area contributed by atoms with E-state index in [4.69, 9.17) is 0 Å². The summed E-state index contributed by atoms with van der Waals surface area (Å²) in [6.45, 7) is 0.244. The minimum Gasteiger partial charge on any atom is -0.349 e. The van der Waals surface area contributed by atoms with Gasteiger partial charge in [-0.3, -0.25) is 14.9 Å². The molecule has 0 aliphatic heterocycles. The number of carbonyl (C=O) groups excluding carboxylic acids is 1. The second-order valence-corrected chi connectivity index (χ2v) is 5.08. The molecule has 3 aromatic rings. The number of hydrogen-bond acceptors (Lipinski definition) is 4. The highest BCUT2D eigenvalue weighted by molar-refractivity contribution is 5.79. The summed E-state index contributed by atoms with van der Waals surface area (Å²) < 4.78 is 0. The number of rotatable bonds is 5. The standard InChI is InChI=1S/C16H14N4O3/c21-16(8-11-4-2-1-3-5-11)17-10-15-18-13-7-6-12(20(22)23)9-14(13)19-15/h1-7,9H,8,10H2,(H,17,21)(H,18,19). The van der Waals surface area contributed by atoms with Crippen LogP contribution in [0.1, 0.15) is 11.4 Å². The van der Waals surface area contributed by atoms with E-state index in [0.717, 1.165) is 5.56 Å². The lowest BCUT2D eigenvalue weighted by atomic mass is 10.1. The number of imidazole rings is 1. The Balaban J connectivity index is 1.65. The van der Waals surface area contributed by atoms with Crippen molar-refractivity contribution in [3.05, 3.63) is 70.0 Å². The minimum absolute atomic E-state index is 0.000753. The largest absolute Gasteiger partial charge is 0.349 e. The maximum absolute atomic E-state index is 11.9. The molecule has 1 heterocycles. The van der Waals surface area contributed by atoms with Crippen molar-refractivity contribution >= 4 is 22.6 Å². The van der Waals surface area contributed by atoms with Crippen LogP contribution in [-0.2, 0) is 17.8 Å². The van der Waals surface area contributed by atoms with Crippen LogP contribution in [0.4, 0.5) is 5.69 Å². The summed E-state index contributed by atoms with van der Waals surface area (Å²) >= 11 is 0. The van der Waals surface area contributed by atoms with Gasteiger partial charge in [0.05, 0.1) is 28.9 Å². The predicted octanol–water partition coefficient (Wildman–Crippen LogP) is 2.33. The molecule has 0 spiro atoms. The lowest BCUT2D eigenvalue weighted by Gasteiger charge is -2.03. The quantitative estimate of drug-likeness (QED) is 0.558. The van der Waals surface area contributed by atoms with E-state index in [1.165, 1.54) is 12.1 Å². The molecule has 1 amide bonds. The summed E-state index contributed by atoms with van der Waals surface area (Å²) in [6.07, 6.45) is 0.298. The lowest BCUT2D eigenvalue weighted by molar-refractivity contribution is -0.384. The summed E-state index contributed by atoms with van der Waals surface area (Å²) in [6, 6.07) is 13.9. The molecule has 2 N–H and O–H groups in total. The van der Waals surface area contributed by atoms with E-state index in [1.807, 2.05) is 30.3 Å². The summed E-state index contributed by atoms with van der Waals surface area (Å²) in [5.74, 6) is 0.449. The van der Waals surface area contributed by atoms with E-state index in [-0.39, 0.29) is 18.1 Å². The highest BCUT2D eigenvalue weighted by Crippen LogP contribution is 2.18. The number of amides is 1. The number of carbonyl (C=O) groups is 1. The number of nitro benzene ring substituents is 1. The lowest BCUT2D eigenvalue weighted by Crippen LogP contribution is -2.25. The zero-order chi connectivity index (χ0) is 16.2. The Morgan fingerprint density at radius 3 is 2.74 bits per heavy atom. The third-order valence-corrected chi connectivity index (χ3v) is 3.39. The number of hydrogen-bond donors (Lipinski definition) is 2. The number of benzene rings is 2. The van der Waals surface area contributed by atoms with Crippen LogP contribution in [0.5, 0.6) is 0 Å². The van der Waals surface area contributed by atoms with Gasteiger partial charge < -0.3 is 10.3 Å². The average Bonchev–Trinajstić information content (AvgIpc) is 2.96. The summed E-state index contributed by atoms with van der Waals surface area (Å²) in [5.41, 5.74) is 2.14. The zero-order valence-electron chi connectivity index (χ0n) is 12.2. The van der Waals surface area contributed by atoms with Crippen molar-refractivity contribution < 1.29 is 9.72 Å². The number of fused-ring (bicyclic) bond motifs is 1. The van der Waals surface area contributed by atoms with Crippen molar-refractivity contribution in [2.45, 2.75) is 13.0 Å². The number of aromatic amines is 1. The molecule has 2 aromatic carbocycles. The third kappa shape index (κ3) is 3.52. The Morgan fingerprint density at radius 1 is 1.22 bits per heavy atom. The van der Waals surface area contributed by atoms with Crippen molar-refractivity contribution in [2.75, 3.05) is 0 Å². The monoisotopic (exact) mass is 310 g/mol. The smallest absolute Gasteiger partial charge is 0.271 e. The van der Waals surface area contributed by atoms with Crippen LogP contribution < -0.4 is 5.32 Å². The first kappa shape index (κ1) is 14.7. The summed E-state index contributed by atoms with van der Waals surface area (Å²) in [4.78, 5) is 29.5. The van der Waals surface area contributed by atoms with Crippen LogP contribution in [0.25, 0.3) is 11.0 Å². The van der Waals surface area contributed by atoms with Crippen molar-refractivity contribution in [3.63, 3.8) is 0 Å². The van der Waals surface area contributed by atoms with Gasteiger partial charge in [0.1, 0.15) is 5.82 Å². The van der Waals surface area contributed by atoms with Crippen LogP contribution in [-0.4, -0.2) is 20.8 Å². The van der Waals surface area contributed by atoms with Gasteiger partial charge in [0.15, 0.2) is 0 Å². The molecular weight excluding hydrogens is 296 g/mol. The van der Waals surface area contributed by atoms with E-state index < -0.39 is 4.92 Å². The maximum atomic E-state index is 11.9. The molecule has 7 heteroatoms. The van der Waals surface area contributed by atoms with Crippen LogP contribution in [0.15, 0.2) is 48.5 Å². The molecule has 0 aliphatic carbocycles. The molecular formula is C16H14N4O3. The van der Waals surface area contributed by atoms with Crippen LogP contribution in [0, 0.1) is 10.1 Å². The number of nitro groups is 1. The third-order valence-electron chi connectivity index (χ3n) is 3.39. The average molecular weight is 310 g/mol. The van der Waals surface area contributed by atoms with E-state index in [0.29, 0.717) is 23.3 Å². The van der Waals surface area contributed by atoms with Crippen molar-refractivity contribution in [1.82, 2.24) is 15.3 Å². The molecule has 3 rings (SSSR count). The molecule has 23 heavy (non-hydrogen) atoms. The molecule has 0 aliphatic rings. The first-order chi connectivity index (χ1) is 11.1. The molecule has 0 saturated heterocycles. The molecule has 0 fully saturated rings. The molecule has 0 radical (unpaired) electrons. The predicted molar refractivity (Wildman–Crippen MR) is 84.7 cm³/mol. The molecule has 0 atom stereocenters. The number of nitrogens with zero attached hydrogens (tertiary/aromatic N) is 2. The van der Waals surface area contributed by atoms with Crippen molar-refractivity contribution in [3.8, 4) is 0 Å². The van der Waals surface area contributed by atoms with Crippen LogP contribution >= 0.6 is 0 Å². The Bertz CT molecular complexity index is 858. The van der Waals surface area contributed by atoms with Gasteiger partial charge in [-0.1, -0.05) is 30.3 Å². The summed E-state index contributed by atoms with van der Waals surface area (Å²) in [5, 5.41) is 13.5. The summed E-state index contributed by atoms with van der Waals surface area (Å²) in [7, 11) is 0. The topological polar surface area (TPSA) is 101 Å². The second-order valence-electron chi connectivity index (χ2n) is 5.08. The van der Waals surface area contributed by atoms with Crippen LogP contribution in [0.3, 0.4) is 0 Å². The molecule has 0 unspecified atom stereocenters. The highest BCUT2D eigenvalue weighted by Gasteiger charge is 2.10. The number of H-pyrrole nitrogens is 1. The van der Waals surface area contributed by atoms with E-state index in [1.54, 1.807) is 6.07 Å². The van der Waals surface area contributed by atoms with E-state index >= 15 is 0 Å². The first-order valence-electron chi connectivity index (χ1n) is 7.05. The van der Waals surface area contributed by atoms with Crippen molar-refractivity contribution in [1.29, 1.82) is 0 Å². The first-order valence-corrected chi connectivity index (χ1v) is 7.05. The Labute approximate surface area is 131 Å². The van der Waals surface area contributed by atoms with Crippen LogP contribution in [0.2, 0.25) is 0 Å². The fourth-order valence-corrected chi connectivity index (χ4v) is 2.27. The van der Waals surface area contributed by atoms with E-state index in [9.17, 15) is 14.9 Å². The van der Waals surface area contributed by atoms with Gasteiger partial charge in [-0.2, -0.15) is 0 Å². The van der Waals surface area contributed by atoms with Gasteiger partial charge in [-0.25, -0.2) is 4.98 Å². The fraction of sp³-hybridized carbons (Fsp3) is 0.125. The number of nitrogens with one attached hydrogen (secondary N) is 2. The van der Waals surface area contributed by atoms with Gasteiger partial charge >= 0.3 is 0 Å². The second kappa shape index (κ2) is 6.27. The number of non-ortho nitro benzene ring substituents is 1.